The summed E-state index contributed by atoms with van der Waals surface area (Å²) >= 11 is 1.41. The molecule has 2 heterocycles. The van der Waals surface area contributed by atoms with E-state index in [2.05, 4.69) is 38.8 Å². The van der Waals surface area contributed by atoms with Crippen LogP contribution in [-0.2, 0) is 6.42 Å². The van der Waals surface area contributed by atoms with Crippen LogP contribution in [0, 0.1) is 0 Å². The fraction of sp³-hybridized carbons (Fsp3) is 0.357. The number of hydrogen-bond donors (Lipinski definition) is 1. The molecule has 0 radical (unpaired) electrons. The predicted molar refractivity (Wildman–Crippen MR) is 81.4 cm³/mol. The molecule has 6 heteroatoms. The summed E-state index contributed by atoms with van der Waals surface area (Å²) in [7, 11) is 0. The second-order valence-electron chi connectivity index (χ2n) is 4.98. The highest BCUT2D eigenvalue weighted by Gasteiger charge is 2.16. The highest BCUT2D eigenvalue weighted by atomic mass is 32.1. The molecule has 3 rings (SSSR count). The van der Waals surface area contributed by atoms with Gasteiger partial charge in [0, 0.05) is 23.9 Å². The molecule has 2 aromatic heterocycles. The van der Waals surface area contributed by atoms with Crippen molar-refractivity contribution in [3.8, 4) is 5.13 Å². The molecular formula is C14H17N5S. The summed E-state index contributed by atoms with van der Waals surface area (Å²) in [6, 6.07) is 8.07. The molecule has 0 aliphatic carbocycles. The lowest BCUT2D eigenvalue weighted by Crippen LogP contribution is -2.09. The van der Waals surface area contributed by atoms with Gasteiger partial charge in [0.2, 0.25) is 5.13 Å². The van der Waals surface area contributed by atoms with Gasteiger partial charge in [0.05, 0.1) is 11.0 Å². The first-order valence-corrected chi connectivity index (χ1v) is 7.48. The van der Waals surface area contributed by atoms with Gasteiger partial charge in [-0.15, -0.1) is 0 Å². The zero-order valence-electron chi connectivity index (χ0n) is 11.6. The fourth-order valence-electron chi connectivity index (χ4n) is 2.14. The van der Waals surface area contributed by atoms with Gasteiger partial charge in [0.25, 0.3) is 0 Å². The Morgan fingerprint density at radius 3 is 2.75 bits per heavy atom. The maximum absolute atomic E-state index is 5.70. The lowest BCUT2D eigenvalue weighted by Gasteiger charge is -2.03. The Morgan fingerprint density at radius 2 is 2.05 bits per heavy atom. The number of rotatable bonds is 4. The molecule has 0 saturated carbocycles. The third-order valence-electron chi connectivity index (χ3n) is 3.14. The third-order valence-corrected chi connectivity index (χ3v) is 3.85. The summed E-state index contributed by atoms with van der Waals surface area (Å²) in [6.45, 7) is 4.76. The van der Waals surface area contributed by atoms with Crippen LogP contribution in [0.1, 0.15) is 31.4 Å². The molecule has 20 heavy (non-hydrogen) atoms. The Kier molecular flexibility index (Phi) is 3.50. The lowest BCUT2D eigenvalue weighted by atomic mass is 10.2. The minimum Gasteiger partial charge on any atom is -0.330 e. The van der Waals surface area contributed by atoms with Crippen molar-refractivity contribution in [1.82, 2.24) is 18.9 Å². The number of fused-ring (bicyclic) bond motifs is 1. The molecule has 104 valence electrons. The van der Waals surface area contributed by atoms with Crippen LogP contribution >= 0.6 is 11.5 Å². The summed E-state index contributed by atoms with van der Waals surface area (Å²) in [4.78, 5) is 9.29. The van der Waals surface area contributed by atoms with Crippen LogP contribution in [0.25, 0.3) is 16.2 Å². The van der Waals surface area contributed by atoms with E-state index in [1.807, 2.05) is 18.2 Å². The monoisotopic (exact) mass is 287 g/mol. The van der Waals surface area contributed by atoms with E-state index < -0.39 is 0 Å². The first-order chi connectivity index (χ1) is 9.70. The van der Waals surface area contributed by atoms with Crippen molar-refractivity contribution >= 4 is 22.6 Å². The molecule has 0 aliphatic heterocycles. The number of benzene rings is 1. The normalized spacial score (nSPS) is 11.6. The molecule has 0 bridgehead atoms. The highest BCUT2D eigenvalue weighted by Crippen LogP contribution is 2.24. The van der Waals surface area contributed by atoms with E-state index in [4.69, 9.17) is 5.73 Å². The first-order valence-electron chi connectivity index (χ1n) is 6.71. The van der Waals surface area contributed by atoms with Gasteiger partial charge in [-0.2, -0.15) is 4.37 Å². The van der Waals surface area contributed by atoms with Gasteiger partial charge >= 0.3 is 0 Å². The Bertz CT molecular complexity index is 728. The molecule has 0 unspecified atom stereocenters. The van der Waals surface area contributed by atoms with Crippen LogP contribution in [0.3, 0.4) is 0 Å². The summed E-state index contributed by atoms with van der Waals surface area (Å²) in [5.74, 6) is 2.15. The summed E-state index contributed by atoms with van der Waals surface area (Å²) in [6.07, 6.45) is 0.727. The van der Waals surface area contributed by atoms with Gasteiger partial charge in [-0.1, -0.05) is 26.0 Å². The molecule has 0 atom stereocenters. The van der Waals surface area contributed by atoms with Crippen molar-refractivity contribution < 1.29 is 0 Å². The highest BCUT2D eigenvalue weighted by molar-refractivity contribution is 7.08. The quantitative estimate of drug-likeness (QED) is 0.800. The van der Waals surface area contributed by atoms with Gasteiger partial charge in [0.15, 0.2) is 0 Å². The predicted octanol–water partition coefficient (Wildman–Crippen LogP) is 2.50. The number of hydrogen-bond acceptors (Lipinski definition) is 5. The average Bonchev–Trinajstić information content (AvgIpc) is 3.02. The second-order valence-corrected chi connectivity index (χ2v) is 5.71. The van der Waals surface area contributed by atoms with Gasteiger partial charge in [0.1, 0.15) is 11.6 Å². The number of imidazole rings is 1. The maximum atomic E-state index is 5.70. The minimum atomic E-state index is 0.327. The molecule has 0 amide bonds. The van der Waals surface area contributed by atoms with Crippen LogP contribution in [0.5, 0.6) is 0 Å². The minimum absolute atomic E-state index is 0.327. The molecule has 3 aromatic rings. The van der Waals surface area contributed by atoms with E-state index in [0.717, 1.165) is 34.2 Å². The lowest BCUT2D eigenvalue weighted by molar-refractivity contribution is 0.786. The molecule has 0 saturated heterocycles. The van der Waals surface area contributed by atoms with E-state index in [0.29, 0.717) is 12.5 Å². The van der Waals surface area contributed by atoms with Crippen molar-refractivity contribution in [3.63, 3.8) is 0 Å². The van der Waals surface area contributed by atoms with Crippen LogP contribution in [0.4, 0.5) is 0 Å². The Labute approximate surface area is 121 Å². The zero-order chi connectivity index (χ0) is 14.1. The van der Waals surface area contributed by atoms with Crippen molar-refractivity contribution in [3.05, 3.63) is 35.9 Å². The zero-order valence-corrected chi connectivity index (χ0v) is 12.4. The van der Waals surface area contributed by atoms with Gasteiger partial charge in [-0.05, 0) is 18.7 Å². The van der Waals surface area contributed by atoms with Crippen LogP contribution < -0.4 is 5.73 Å². The second kappa shape index (κ2) is 5.30. The van der Waals surface area contributed by atoms with Gasteiger partial charge < -0.3 is 5.73 Å². The van der Waals surface area contributed by atoms with Crippen LogP contribution in [0.15, 0.2) is 24.3 Å². The van der Waals surface area contributed by atoms with Crippen molar-refractivity contribution in [2.45, 2.75) is 26.2 Å². The van der Waals surface area contributed by atoms with E-state index in [-0.39, 0.29) is 0 Å². The molecule has 0 fully saturated rings. The van der Waals surface area contributed by atoms with E-state index in [1.54, 1.807) is 0 Å². The molecule has 0 aliphatic rings. The topological polar surface area (TPSA) is 69.6 Å². The van der Waals surface area contributed by atoms with Gasteiger partial charge in [-0.3, -0.25) is 4.57 Å². The van der Waals surface area contributed by atoms with Crippen LogP contribution in [0.2, 0.25) is 0 Å². The smallest absolute Gasteiger partial charge is 0.215 e. The van der Waals surface area contributed by atoms with Crippen LogP contribution in [-0.4, -0.2) is 25.5 Å². The third kappa shape index (κ3) is 2.21. The first kappa shape index (κ1) is 13.2. The van der Waals surface area contributed by atoms with E-state index in [9.17, 15) is 0 Å². The summed E-state index contributed by atoms with van der Waals surface area (Å²) < 4.78 is 6.51. The SMILES string of the molecule is CC(C)c1nsc(-n2c(CCN)nc3ccccc32)n1. The van der Waals surface area contributed by atoms with Crippen molar-refractivity contribution in [2.75, 3.05) is 6.54 Å². The number of nitrogens with two attached hydrogens (primary N) is 1. The average molecular weight is 287 g/mol. The molecule has 2 N–H and O–H groups in total. The maximum Gasteiger partial charge on any atom is 0.215 e. The fourth-order valence-corrected chi connectivity index (χ4v) is 2.98. The molecule has 0 spiro atoms. The number of nitrogens with zero attached hydrogens (tertiary/aromatic N) is 4. The van der Waals surface area contributed by atoms with Crippen molar-refractivity contribution in [2.24, 2.45) is 5.73 Å². The van der Waals surface area contributed by atoms with Crippen molar-refractivity contribution in [1.29, 1.82) is 0 Å². The number of para-hydroxylation sites is 2. The Hall–Kier alpha value is -1.79. The van der Waals surface area contributed by atoms with Gasteiger partial charge in [-0.25, -0.2) is 9.97 Å². The summed E-state index contributed by atoms with van der Waals surface area (Å²) in [5.41, 5.74) is 7.72. The van der Waals surface area contributed by atoms with E-state index in [1.165, 1.54) is 11.5 Å². The van der Waals surface area contributed by atoms with E-state index >= 15 is 0 Å². The molecular weight excluding hydrogens is 270 g/mol. The largest absolute Gasteiger partial charge is 0.330 e. The number of aromatic nitrogens is 4. The molecule has 5 nitrogen and oxygen atoms in total. The summed E-state index contributed by atoms with van der Waals surface area (Å²) in [5, 5.41) is 0.867. The standard InChI is InChI=1S/C14H17N5S/c1-9(2)13-17-14(20-18-13)19-11-6-4-3-5-10(11)16-12(19)7-8-15/h3-6,9H,7-8,15H2,1-2H3. The Balaban J connectivity index is 2.18. The molecule has 1 aromatic carbocycles. The Morgan fingerprint density at radius 1 is 1.25 bits per heavy atom.